The Labute approximate surface area is 162 Å². The maximum atomic E-state index is 3.52. The summed E-state index contributed by atoms with van der Waals surface area (Å²) in [6.07, 6.45) is 0. The average Bonchev–Trinajstić information content (AvgIpc) is 3.33. The molecular weight excluding hydrogens is 340 g/mol. The van der Waals surface area contributed by atoms with Crippen molar-refractivity contribution < 1.29 is 0 Å². The van der Waals surface area contributed by atoms with Gasteiger partial charge in [0.1, 0.15) is 0 Å². The molecule has 2 aromatic heterocycles. The molecule has 2 nitrogen and oxygen atoms in total. The van der Waals surface area contributed by atoms with Gasteiger partial charge in [-0.3, -0.25) is 0 Å². The van der Waals surface area contributed by atoms with Gasteiger partial charge >= 0.3 is 0 Å². The number of H-pyrrole nitrogens is 1. The first kappa shape index (κ1) is 15.3. The van der Waals surface area contributed by atoms with Gasteiger partial charge in [0.25, 0.3) is 0 Å². The molecular formula is C26H18N2. The SMILES string of the molecule is c1ccc2[nH]c(-c3ccc(-n4c5ccccc5c5ccccc54)cc3)cc2c1. The first-order valence-electron chi connectivity index (χ1n) is 9.55. The second kappa shape index (κ2) is 5.86. The molecule has 0 aliphatic rings. The predicted octanol–water partition coefficient (Wildman–Crippen LogP) is 6.93. The summed E-state index contributed by atoms with van der Waals surface area (Å²) in [6.45, 7) is 0. The van der Waals surface area contributed by atoms with E-state index >= 15 is 0 Å². The van der Waals surface area contributed by atoms with Crippen LogP contribution in [-0.2, 0) is 0 Å². The second-order valence-corrected chi connectivity index (χ2v) is 7.19. The molecule has 0 spiro atoms. The summed E-state index contributed by atoms with van der Waals surface area (Å²) >= 11 is 0. The summed E-state index contributed by atoms with van der Waals surface area (Å²) in [6, 6.07) is 36.6. The number of para-hydroxylation sites is 3. The van der Waals surface area contributed by atoms with Crippen LogP contribution in [0.15, 0.2) is 103 Å². The van der Waals surface area contributed by atoms with Gasteiger partial charge in [-0.1, -0.05) is 66.7 Å². The highest BCUT2D eigenvalue weighted by atomic mass is 15.0. The molecule has 2 heterocycles. The predicted molar refractivity (Wildman–Crippen MR) is 118 cm³/mol. The monoisotopic (exact) mass is 358 g/mol. The number of nitrogens with one attached hydrogen (secondary N) is 1. The lowest BCUT2D eigenvalue weighted by molar-refractivity contribution is 1.18. The van der Waals surface area contributed by atoms with Crippen molar-refractivity contribution in [3.8, 4) is 16.9 Å². The Morgan fingerprint density at radius 3 is 1.86 bits per heavy atom. The van der Waals surface area contributed by atoms with Gasteiger partial charge in [0.2, 0.25) is 0 Å². The topological polar surface area (TPSA) is 20.7 Å². The van der Waals surface area contributed by atoms with E-state index in [4.69, 9.17) is 0 Å². The number of nitrogens with zero attached hydrogens (tertiary/aromatic N) is 1. The molecule has 1 N–H and O–H groups in total. The van der Waals surface area contributed by atoms with Crippen LogP contribution in [-0.4, -0.2) is 9.55 Å². The van der Waals surface area contributed by atoms with Gasteiger partial charge < -0.3 is 9.55 Å². The van der Waals surface area contributed by atoms with Crippen molar-refractivity contribution in [2.24, 2.45) is 0 Å². The van der Waals surface area contributed by atoms with E-state index in [9.17, 15) is 0 Å². The molecule has 0 unspecified atom stereocenters. The van der Waals surface area contributed by atoms with E-state index < -0.39 is 0 Å². The molecule has 0 saturated carbocycles. The van der Waals surface area contributed by atoms with Crippen molar-refractivity contribution in [2.45, 2.75) is 0 Å². The van der Waals surface area contributed by atoms with Crippen LogP contribution in [0.4, 0.5) is 0 Å². The summed E-state index contributed by atoms with van der Waals surface area (Å²) in [5.74, 6) is 0. The third-order valence-electron chi connectivity index (χ3n) is 5.55. The lowest BCUT2D eigenvalue weighted by Gasteiger charge is -2.08. The average molecular weight is 358 g/mol. The van der Waals surface area contributed by atoms with Crippen molar-refractivity contribution in [2.75, 3.05) is 0 Å². The number of rotatable bonds is 2. The van der Waals surface area contributed by atoms with Crippen LogP contribution in [0, 0.1) is 0 Å². The first-order chi connectivity index (χ1) is 13.9. The molecule has 0 amide bonds. The molecule has 132 valence electrons. The first-order valence-corrected chi connectivity index (χ1v) is 9.55. The summed E-state index contributed by atoms with van der Waals surface area (Å²) in [5, 5.41) is 3.82. The zero-order valence-electron chi connectivity index (χ0n) is 15.3. The van der Waals surface area contributed by atoms with Gasteiger partial charge in [0.15, 0.2) is 0 Å². The number of fused-ring (bicyclic) bond motifs is 4. The Balaban J connectivity index is 1.52. The summed E-state index contributed by atoms with van der Waals surface area (Å²) < 4.78 is 2.35. The van der Waals surface area contributed by atoms with E-state index in [0.29, 0.717) is 0 Å². The largest absolute Gasteiger partial charge is 0.355 e. The van der Waals surface area contributed by atoms with Gasteiger partial charge in [0.05, 0.1) is 11.0 Å². The number of hydrogen-bond acceptors (Lipinski definition) is 0. The molecule has 0 aliphatic heterocycles. The maximum Gasteiger partial charge on any atom is 0.0541 e. The Morgan fingerprint density at radius 2 is 1.18 bits per heavy atom. The molecule has 28 heavy (non-hydrogen) atoms. The minimum absolute atomic E-state index is 1.15. The van der Waals surface area contributed by atoms with Gasteiger partial charge in [-0.05, 0) is 42.0 Å². The molecule has 0 radical (unpaired) electrons. The van der Waals surface area contributed by atoms with Crippen molar-refractivity contribution in [1.82, 2.24) is 9.55 Å². The molecule has 0 bridgehead atoms. The number of aromatic amines is 1. The Kier molecular flexibility index (Phi) is 3.20. The fraction of sp³-hybridized carbons (Fsp3) is 0. The molecule has 2 heteroatoms. The minimum atomic E-state index is 1.15. The van der Waals surface area contributed by atoms with Crippen LogP contribution < -0.4 is 0 Å². The maximum absolute atomic E-state index is 3.52. The third-order valence-corrected chi connectivity index (χ3v) is 5.55. The quantitative estimate of drug-likeness (QED) is 0.346. The Morgan fingerprint density at radius 1 is 0.571 bits per heavy atom. The normalized spacial score (nSPS) is 11.6. The van der Waals surface area contributed by atoms with Crippen LogP contribution in [0.3, 0.4) is 0 Å². The van der Waals surface area contributed by atoms with Crippen molar-refractivity contribution in [3.05, 3.63) is 103 Å². The van der Waals surface area contributed by atoms with Crippen LogP contribution in [0.1, 0.15) is 0 Å². The lowest BCUT2D eigenvalue weighted by Crippen LogP contribution is -1.93. The van der Waals surface area contributed by atoms with Gasteiger partial charge in [-0.2, -0.15) is 0 Å². The van der Waals surface area contributed by atoms with Gasteiger partial charge in [-0.15, -0.1) is 0 Å². The molecule has 0 atom stereocenters. The minimum Gasteiger partial charge on any atom is -0.355 e. The van der Waals surface area contributed by atoms with Gasteiger partial charge in [-0.25, -0.2) is 0 Å². The summed E-state index contributed by atoms with van der Waals surface area (Å²) in [4.78, 5) is 3.52. The zero-order valence-corrected chi connectivity index (χ0v) is 15.3. The number of benzene rings is 4. The standard InChI is InChI=1S/C26H18N2/c1-4-10-23-19(7-1)17-24(27-23)18-13-15-20(16-14-18)28-25-11-5-2-8-21(25)22-9-3-6-12-26(22)28/h1-17,27H. The van der Waals surface area contributed by atoms with E-state index in [1.807, 2.05) is 0 Å². The highest BCUT2D eigenvalue weighted by Crippen LogP contribution is 2.32. The van der Waals surface area contributed by atoms with Crippen molar-refractivity contribution in [3.63, 3.8) is 0 Å². The van der Waals surface area contributed by atoms with E-state index in [0.717, 1.165) is 5.69 Å². The summed E-state index contributed by atoms with van der Waals surface area (Å²) in [7, 11) is 0. The number of hydrogen-bond donors (Lipinski definition) is 1. The smallest absolute Gasteiger partial charge is 0.0541 e. The van der Waals surface area contributed by atoms with E-state index in [-0.39, 0.29) is 0 Å². The Hall–Kier alpha value is -3.78. The summed E-state index contributed by atoms with van der Waals surface area (Å²) in [5.41, 5.74) is 7.17. The van der Waals surface area contributed by atoms with Crippen LogP contribution in [0.25, 0.3) is 49.7 Å². The van der Waals surface area contributed by atoms with Crippen molar-refractivity contribution in [1.29, 1.82) is 0 Å². The van der Waals surface area contributed by atoms with Gasteiger partial charge in [0, 0.05) is 33.1 Å². The highest BCUT2D eigenvalue weighted by Gasteiger charge is 2.11. The lowest BCUT2D eigenvalue weighted by atomic mass is 10.1. The molecule has 0 saturated heterocycles. The van der Waals surface area contributed by atoms with E-state index in [2.05, 4.69) is 113 Å². The Bertz CT molecular complexity index is 1360. The van der Waals surface area contributed by atoms with Crippen LogP contribution in [0.5, 0.6) is 0 Å². The fourth-order valence-corrected chi connectivity index (χ4v) is 4.22. The molecule has 0 aliphatic carbocycles. The van der Waals surface area contributed by atoms with Crippen molar-refractivity contribution >= 4 is 32.7 Å². The highest BCUT2D eigenvalue weighted by molar-refractivity contribution is 6.09. The number of aromatic nitrogens is 2. The second-order valence-electron chi connectivity index (χ2n) is 7.19. The van der Waals surface area contributed by atoms with Crippen LogP contribution in [0.2, 0.25) is 0 Å². The van der Waals surface area contributed by atoms with E-state index in [1.54, 1.807) is 0 Å². The third kappa shape index (κ3) is 2.21. The van der Waals surface area contributed by atoms with Crippen LogP contribution >= 0.6 is 0 Å². The molecule has 4 aromatic carbocycles. The van der Waals surface area contributed by atoms with E-state index in [1.165, 1.54) is 44.0 Å². The zero-order chi connectivity index (χ0) is 18.5. The molecule has 6 rings (SSSR count). The molecule has 0 fully saturated rings. The molecule has 6 aromatic rings. The fourth-order valence-electron chi connectivity index (χ4n) is 4.22.